The highest BCUT2D eigenvalue weighted by Gasteiger charge is 1.91. The van der Waals surface area contributed by atoms with Crippen molar-refractivity contribution < 1.29 is 0 Å². The van der Waals surface area contributed by atoms with Crippen molar-refractivity contribution in [3.63, 3.8) is 0 Å². The van der Waals surface area contributed by atoms with Crippen molar-refractivity contribution in [3.8, 4) is 0 Å². The van der Waals surface area contributed by atoms with Crippen molar-refractivity contribution in [1.29, 1.82) is 0 Å². The fourth-order valence-electron chi connectivity index (χ4n) is 1.19. The summed E-state index contributed by atoms with van der Waals surface area (Å²) in [6.45, 7) is 4.82. The van der Waals surface area contributed by atoms with Gasteiger partial charge in [-0.05, 0) is 19.4 Å². The Kier molecular flexibility index (Phi) is 4.16. The topological polar surface area (TPSA) is 26.0 Å². The first-order chi connectivity index (χ1) is 4.72. The van der Waals surface area contributed by atoms with Crippen LogP contribution in [-0.2, 0) is 6.54 Å². The van der Waals surface area contributed by atoms with Crippen LogP contribution in [-0.4, -0.2) is 0 Å². The number of hydrogen-bond donors (Lipinski definition) is 1. The van der Waals surface area contributed by atoms with Crippen molar-refractivity contribution in [1.82, 2.24) is 0 Å². The first-order valence-corrected chi connectivity index (χ1v) is 3.49. The van der Waals surface area contributed by atoms with Crippen molar-refractivity contribution >= 4 is 12.4 Å². The average Bonchev–Trinajstić information content (AvgIpc) is 1.85. The molecule has 0 unspecified atom stereocenters. The smallest absolute Gasteiger partial charge is 0.0178 e. The molecule has 0 bridgehead atoms. The molecule has 0 aliphatic rings. The Labute approximate surface area is 74.0 Å². The third-order valence-corrected chi connectivity index (χ3v) is 1.52. The van der Waals surface area contributed by atoms with E-state index in [-0.39, 0.29) is 12.4 Å². The molecule has 0 fully saturated rings. The van der Waals surface area contributed by atoms with Crippen LogP contribution < -0.4 is 5.73 Å². The van der Waals surface area contributed by atoms with Crippen LogP contribution in [0.4, 0.5) is 0 Å². The van der Waals surface area contributed by atoms with Gasteiger partial charge in [0.2, 0.25) is 0 Å². The van der Waals surface area contributed by atoms with E-state index < -0.39 is 0 Å². The van der Waals surface area contributed by atoms with Gasteiger partial charge in [-0.3, -0.25) is 0 Å². The summed E-state index contributed by atoms with van der Waals surface area (Å²) in [7, 11) is 0. The minimum Gasteiger partial charge on any atom is -0.326 e. The molecule has 0 spiro atoms. The Morgan fingerprint density at radius 1 is 1.09 bits per heavy atom. The average molecular weight is 172 g/mol. The molecule has 0 radical (unpaired) electrons. The fourth-order valence-corrected chi connectivity index (χ4v) is 1.19. The zero-order chi connectivity index (χ0) is 7.56. The van der Waals surface area contributed by atoms with Crippen molar-refractivity contribution in [2.75, 3.05) is 0 Å². The van der Waals surface area contributed by atoms with E-state index in [1.54, 1.807) is 0 Å². The zero-order valence-electron chi connectivity index (χ0n) is 6.92. The molecule has 0 aliphatic carbocycles. The van der Waals surface area contributed by atoms with E-state index >= 15 is 0 Å². The van der Waals surface area contributed by atoms with Crippen molar-refractivity contribution in [2.24, 2.45) is 5.73 Å². The quantitative estimate of drug-likeness (QED) is 0.689. The van der Waals surface area contributed by atoms with Crippen LogP contribution in [0.15, 0.2) is 18.2 Å². The van der Waals surface area contributed by atoms with Crippen LogP contribution in [0.3, 0.4) is 0 Å². The van der Waals surface area contributed by atoms with Gasteiger partial charge < -0.3 is 5.73 Å². The molecule has 0 atom stereocenters. The molecule has 0 amide bonds. The van der Waals surface area contributed by atoms with Crippen LogP contribution >= 0.6 is 12.4 Å². The van der Waals surface area contributed by atoms with Crippen LogP contribution in [0.1, 0.15) is 16.7 Å². The Balaban J connectivity index is 0.000001000. The largest absolute Gasteiger partial charge is 0.326 e. The van der Waals surface area contributed by atoms with Gasteiger partial charge in [0.05, 0.1) is 0 Å². The minimum atomic E-state index is 0. The molecule has 0 saturated heterocycles. The van der Waals surface area contributed by atoms with E-state index in [2.05, 4.69) is 32.0 Å². The maximum Gasteiger partial charge on any atom is 0.0178 e. The highest BCUT2D eigenvalue weighted by atomic mass is 35.5. The van der Waals surface area contributed by atoms with Crippen molar-refractivity contribution in [3.05, 3.63) is 34.9 Å². The SMILES string of the molecule is Cc1cc(C)cc(CN)c1.Cl. The van der Waals surface area contributed by atoms with Gasteiger partial charge in [0.15, 0.2) is 0 Å². The summed E-state index contributed by atoms with van der Waals surface area (Å²) in [5.74, 6) is 0. The van der Waals surface area contributed by atoms with Crippen LogP contribution in [0.5, 0.6) is 0 Å². The predicted octanol–water partition coefficient (Wildman–Crippen LogP) is 2.18. The van der Waals surface area contributed by atoms with Gasteiger partial charge in [0.25, 0.3) is 0 Å². The number of rotatable bonds is 1. The molecule has 2 N–H and O–H groups in total. The molecule has 0 aliphatic heterocycles. The highest BCUT2D eigenvalue weighted by Crippen LogP contribution is 2.07. The van der Waals surface area contributed by atoms with E-state index in [0.29, 0.717) is 6.54 Å². The number of benzene rings is 1. The molecule has 1 nitrogen and oxygen atoms in total. The molecule has 2 heteroatoms. The van der Waals surface area contributed by atoms with Crippen LogP contribution in [0, 0.1) is 13.8 Å². The number of halogens is 1. The van der Waals surface area contributed by atoms with Gasteiger partial charge in [-0.2, -0.15) is 0 Å². The number of aryl methyl sites for hydroxylation is 2. The Morgan fingerprint density at radius 3 is 1.91 bits per heavy atom. The number of hydrogen-bond acceptors (Lipinski definition) is 1. The molecule has 11 heavy (non-hydrogen) atoms. The summed E-state index contributed by atoms with van der Waals surface area (Å²) in [5.41, 5.74) is 9.29. The van der Waals surface area contributed by atoms with Crippen LogP contribution in [0.25, 0.3) is 0 Å². The van der Waals surface area contributed by atoms with Gasteiger partial charge in [0, 0.05) is 6.54 Å². The molecule has 62 valence electrons. The van der Waals surface area contributed by atoms with Gasteiger partial charge >= 0.3 is 0 Å². The lowest BCUT2D eigenvalue weighted by atomic mass is 10.1. The van der Waals surface area contributed by atoms with E-state index in [4.69, 9.17) is 5.73 Å². The molecular formula is C9H14ClN. The fraction of sp³-hybridized carbons (Fsp3) is 0.333. The zero-order valence-corrected chi connectivity index (χ0v) is 7.74. The summed E-state index contributed by atoms with van der Waals surface area (Å²) in [4.78, 5) is 0. The van der Waals surface area contributed by atoms with Gasteiger partial charge in [0.1, 0.15) is 0 Å². The molecule has 0 heterocycles. The minimum absolute atomic E-state index is 0. The summed E-state index contributed by atoms with van der Waals surface area (Å²) in [6, 6.07) is 6.39. The van der Waals surface area contributed by atoms with Gasteiger partial charge in [-0.1, -0.05) is 29.3 Å². The Morgan fingerprint density at radius 2 is 1.55 bits per heavy atom. The normalized spacial score (nSPS) is 9.00. The molecule has 0 saturated carbocycles. The number of nitrogens with two attached hydrogens (primary N) is 1. The first-order valence-electron chi connectivity index (χ1n) is 3.49. The van der Waals surface area contributed by atoms with E-state index in [1.807, 2.05) is 0 Å². The summed E-state index contributed by atoms with van der Waals surface area (Å²) < 4.78 is 0. The lowest BCUT2D eigenvalue weighted by Gasteiger charge is -2.00. The maximum absolute atomic E-state index is 5.49. The monoisotopic (exact) mass is 171 g/mol. The van der Waals surface area contributed by atoms with Crippen molar-refractivity contribution in [2.45, 2.75) is 20.4 Å². The third kappa shape index (κ3) is 2.91. The second kappa shape index (κ2) is 4.37. The molecule has 1 aromatic carbocycles. The Hall–Kier alpha value is -0.530. The predicted molar refractivity (Wildman–Crippen MR) is 51.1 cm³/mol. The lowest BCUT2D eigenvalue weighted by Crippen LogP contribution is -1.96. The summed E-state index contributed by atoms with van der Waals surface area (Å²) >= 11 is 0. The standard InChI is InChI=1S/C9H13N.ClH/c1-7-3-8(2)5-9(4-7)6-10;/h3-5H,6,10H2,1-2H3;1H. The molecule has 1 rings (SSSR count). The first kappa shape index (κ1) is 10.5. The van der Waals surface area contributed by atoms with E-state index in [1.165, 1.54) is 16.7 Å². The molecule has 1 aromatic rings. The maximum atomic E-state index is 5.49. The second-order valence-corrected chi connectivity index (χ2v) is 2.70. The summed E-state index contributed by atoms with van der Waals surface area (Å²) in [6.07, 6.45) is 0. The van der Waals surface area contributed by atoms with E-state index in [0.717, 1.165) is 0 Å². The second-order valence-electron chi connectivity index (χ2n) is 2.70. The molecular weight excluding hydrogens is 158 g/mol. The van der Waals surface area contributed by atoms with Gasteiger partial charge in [-0.15, -0.1) is 12.4 Å². The van der Waals surface area contributed by atoms with Crippen LogP contribution in [0.2, 0.25) is 0 Å². The lowest BCUT2D eigenvalue weighted by molar-refractivity contribution is 1.06. The summed E-state index contributed by atoms with van der Waals surface area (Å²) in [5, 5.41) is 0. The van der Waals surface area contributed by atoms with Gasteiger partial charge in [-0.25, -0.2) is 0 Å². The van der Waals surface area contributed by atoms with E-state index in [9.17, 15) is 0 Å². The Bertz CT molecular complexity index is 213. The third-order valence-electron chi connectivity index (χ3n) is 1.52. The molecule has 0 aromatic heterocycles. The highest BCUT2D eigenvalue weighted by molar-refractivity contribution is 5.85.